The summed E-state index contributed by atoms with van der Waals surface area (Å²) in [5.74, 6) is -0.359. The van der Waals surface area contributed by atoms with Crippen LogP contribution in [0.2, 0.25) is 0 Å². The molecule has 18 heavy (non-hydrogen) atoms. The molecule has 96 valence electrons. The number of carbonyl (C=O) groups is 2. The molecule has 0 radical (unpaired) electrons. The third-order valence-electron chi connectivity index (χ3n) is 1.85. The number of para-hydroxylation sites is 1. The van der Waals surface area contributed by atoms with Gasteiger partial charge in [0.1, 0.15) is 10.2 Å². The Labute approximate surface area is 114 Å². The van der Waals surface area contributed by atoms with Crippen molar-refractivity contribution in [2.75, 3.05) is 7.05 Å². The molecule has 7 heteroatoms. The lowest BCUT2D eigenvalue weighted by atomic mass is 10.2. The summed E-state index contributed by atoms with van der Waals surface area (Å²) in [7, 11) is 1.42. The maximum absolute atomic E-state index is 11.8. The van der Waals surface area contributed by atoms with Crippen LogP contribution in [0.5, 0.6) is 5.75 Å². The van der Waals surface area contributed by atoms with Gasteiger partial charge >= 0.3 is 6.09 Å². The lowest BCUT2D eigenvalue weighted by Crippen LogP contribution is -2.24. The molecule has 0 fully saturated rings. The number of amides is 2. The first-order valence-electron chi connectivity index (χ1n) is 4.85. The number of halogens is 2. The van der Waals surface area contributed by atoms with E-state index in [1.165, 1.54) is 19.2 Å². The van der Waals surface area contributed by atoms with Gasteiger partial charge in [-0.05, 0) is 12.1 Å². The second kappa shape index (κ2) is 6.88. The molecule has 0 aliphatic carbocycles. The second-order valence-corrected chi connectivity index (χ2v) is 4.05. The molecule has 0 bridgehead atoms. The standard InChI is InChI=1S/C11H10Cl2N2O3/c1-14-11(17)18-8-5-3-2-4-7(8)10(16)15-6-9(12)13/h2-6H,1H3,(H,14,17)(H,15,16). The van der Waals surface area contributed by atoms with E-state index >= 15 is 0 Å². The molecule has 0 heterocycles. The molecule has 1 aromatic rings. The predicted molar refractivity (Wildman–Crippen MR) is 68.8 cm³/mol. The van der Waals surface area contributed by atoms with E-state index in [2.05, 4.69) is 10.6 Å². The van der Waals surface area contributed by atoms with Crippen molar-refractivity contribution in [1.82, 2.24) is 10.6 Å². The summed E-state index contributed by atoms with van der Waals surface area (Å²) in [6.45, 7) is 0. The molecule has 0 unspecified atom stereocenters. The molecular weight excluding hydrogens is 279 g/mol. The molecular formula is C11H10Cl2N2O3. The van der Waals surface area contributed by atoms with E-state index in [0.717, 1.165) is 6.20 Å². The van der Waals surface area contributed by atoms with Crippen LogP contribution >= 0.6 is 23.2 Å². The normalized spacial score (nSPS) is 9.28. The van der Waals surface area contributed by atoms with Crippen molar-refractivity contribution in [2.45, 2.75) is 0 Å². The molecule has 0 aromatic heterocycles. The van der Waals surface area contributed by atoms with E-state index in [-0.39, 0.29) is 15.8 Å². The Morgan fingerprint density at radius 1 is 1.28 bits per heavy atom. The quantitative estimate of drug-likeness (QED) is 0.898. The smallest absolute Gasteiger partial charge is 0.410 e. The highest BCUT2D eigenvalue weighted by atomic mass is 35.5. The third-order valence-corrected chi connectivity index (χ3v) is 2.07. The Kier molecular flexibility index (Phi) is 5.48. The summed E-state index contributed by atoms with van der Waals surface area (Å²) in [5.41, 5.74) is 0.187. The molecule has 2 amide bonds. The predicted octanol–water partition coefficient (Wildman–Crippen LogP) is 2.41. The topological polar surface area (TPSA) is 67.4 Å². The van der Waals surface area contributed by atoms with Gasteiger partial charge in [-0.3, -0.25) is 4.79 Å². The average Bonchev–Trinajstić information content (AvgIpc) is 2.36. The first kappa shape index (κ1) is 14.3. The molecule has 0 aliphatic heterocycles. The van der Waals surface area contributed by atoms with Crippen LogP contribution in [0, 0.1) is 0 Å². The average molecular weight is 289 g/mol. The Morgan fingerprint density at radius 2 is 1.94 bits per heavy atom. The zero-order chi connectivity index (χ0) is 13.5. The van der Waals surface area contributed by atoms with E-state index in [0.29, 0.717) is 0 Å². The first-order valence-corrected chi connectivity index (χ1v) is 5.61. The van der Waals surface area contributed by atoms with Gasteiger partial charge in [0, 0.05) is 13.2 Å². The lowest BCUT2D eigenvalue weighted by Gasteiger charge is -2.08. The molecule has 0 saturated carbocycles. The van der Waals surface area contributed by atoms with E-state index < -0.39 is 12.0 Å². The van der Waals surface area contributed by atoms with Gasteiger partial charge < -0.3 is 15.4 Å². The maximum atomic E-state index is 11.8. The molecule has 1 rings (SSSR count). The molecule has 1 aromatic carbocycles. The van der Waals surface area contributed by atoms with Crippen LogP contribution in [-0.2, 0) is 0 Å². The number of hydrogen-bond acceptors (Lipinski definition) is 3. The highest BCUT2D eigenvalue weighted by Gasteiger charge is 2.13. The van der Waals surface area contributed by atoms with Crippen molar-refractivity contribution in [3.8, 4) is 5.75 Å². The van der Waals surface area contributed by atoms with Crippen LogP contribution in [0.1, 0.15) is 10.4 Å². The Balaban J connectivity index is 2.91. The summed E-state index contributed by atoms with van der Waals surface area (Å²) in [6, 6.07) is 6.27. The molecule has 5 nitrogen and oxygen atoms in total. The summed E-state index contributed by atoms with van der Waals surface area (Å²) in [4.78, 5) is 22.9. The van der Waals surface area contributed by atoms with Crippen molar-refractivity contribution in [1.29, 1.82) is 0 Å². The third kappa shape index (κ3) is 4.27. The zero-order valence-electron chi connectivity index (χ0n) is 9.37. The van der Waals surface area contributed by atoms with Crippen molar-refractivity contribution in [3.05, 3.63) is 40.5 Å². The van der Waals surface area contributed by atoms with E-state index in [4.69, 9.17) is 27.9 Å². The maximum Gasteiger partial charge on any atom is 0.412 e. The van der Waals surface area contributed by atoms with E-state index in [1.807, 2.05) is 0 Å². The summed E-state index contributed by atoms with van der Waals surface area (Å²) in [5, 5.41) is 4.64. The number of nitrogens with one attached hydrogen (secondary N) is 2. The summed E-state index contributed by atoms with van der Waals surface area (Å²) >= 11 is 10.7. The van der Waals surface area contributed by atoms with Gasteiger partial charge in [0.05, 0.1) is 5.56 Å². The highest BCUT2D eigenvalue weighted by molar-refractivity contribution is 6.55. The van der Waals surface area contributed by atoms with Gasteiger partial charge in [0.15, 0.2) is 0 Å². The van der Waals surface area contributed by atoms with Crippen LogP contribution in [0.3, 0.4) is 0 Å². The van der Waals surface area contributed by atoms with Gasteiger partial charge in [-0.25, -0.2) is 4.79 Å². The van der Waals surface area contributed by atoms with Gasteiger partial charge in [0.2, 0.25) is 0 Å². The molecule has 0 saturated heterocycles. The van der Waals surface area contributed by atoms with Crippen LogP contribution in [0.25, 0.3) is 0 Å². The highest BCUT2D eigenvalue weighted by Crippen LogP contribution is 2.18. The fraction of sp³-hybridized carbons (Fsp3) is 0.0909. The minimum atomic E-state index is -0.666. The molecule has 0 spiro atoms. The summed E-state index contributed by atoms with van der Waals surface area (Å²) in [6.07, 6.45) is 0.462. The Hall–Kier alpha value is -1.72. The zero-order valence-corrected chi connectivity index (χ0v) is 10.9. The fourth-order valence-electron chi connectivity index (χ4n) is 1.09. The lowest BCUT2D eigenvalue weighted by molar-refractivity contribution is 0.0967. The van der Waals surface area contributed by atoms with Gasteiger partial charge in [-0.15, -0.1) is 0 Å². The Bertz CT molecular complexity index is 485. The van der Waals surface area contributed by atoms with Crippen molar-refractivity contribution < 1.29 is 14.3 Å². The largest absolute Gasteiger partial charge is 0.412 e. The number of ether oxygens (including phenoxy) is 1. The monoisotopic (exact) mass is 288 g/mol. The number of benzene rings is 1. The van der Waals surface area contributed by atoms with Crippen molar-refractivity contribution in [2.24, 2.45) is 0 Å². The number of rotatable bonds is 3. The van der Waals surface area contributed by atoms with Crippen LogP contribution in [0.15, 0.2) is 35.0 Å². The van der Waals surface area contributed by atoms with Gasteiger partial charge in [-0.1, -0.05) is 35.3 Å². The van der Waals surface area contributed by atoms with Crippen LogP contribution in [-0.4, -0.2) is 19.0 Å². The van der Waals surface area contributed by atoms with Crippen molar-refractivity contribution in [3.63, 3.8) is 0 Å². The number of carbonyl (C=O) groups excluding carboxylic acids is 2. The van der Waals surface area contributed by atoms with Crippen molar-refractivity contribution >= 4 is 35.2 Å². The first-order chi connectivity index (χ1) is 8.54. The Morgan fingerprint density at radius 3 is 2.56 bits per heavy atom. The van der Waals surface area contributed by atoms with Crippen LogP contribution < -0.4 is 15.4 Å². The van der Waals surface area contributed by atoms with Gasteiger partial charge in [0.25, 0.3) is 5.91 Å². The number of hydrogen-bond donors (Lipinski definition) is 2. The molecule has 0 atom stereocenters. The molecule has 2 N–H and O–H groups in total. The SMILES string of the molecule is CNC(=O)Oc1ccccc1C(=O)NC=C(Cl)Cl. The summed E-state index contributed by atoms with van der Waals surface area (Å²) < 4.78 is 4.84. The second-order valence-electron chi connectivity index (χ2n) is 3.04. The van der Waals surface area contributed by atoms with Gasteiger partial charge in [-0.2, -0.15) is 0 Å². The van der Waals surface area contributed by atoms with E-state index in [9.17, 15) is 9.59 Å². The minimum absolute atomic E-state index is 0.0898. The fourth-order valence-corrected chi connectivity index (χ4v) is 1.20. The van der Waals surface area contributed by atoms with E-state index in [1.54, 1.807) is 12.1 Å². The van der Waals surface area contributed by atoms with Crippen LogP contribution in [0.4, 0.5) is 4.79 Å². The molecule has 0 aliphatic rings. The minimum Gasteiger partial charge on any atom is -0.410 e.